The Hall–Kier alpha value is -2.08. The fourth-order valence-corrected chi connectivity index (χ4v) is 4.69. The molecule has 1 aliphatic rings. The second-order valence-corrected chi connectivity index (χ2v) is 10.5. The summed E-state index contributed by atoms with van der Waals surface area (Å²) in [4.78, 5) is 31.7. The molecule has 1 aromatic carbocycles. The van der Waals surface area contributed by atoms with Crippen LogP contribution in [0.5, 0.6) is 0 Å². The van der Waals surface area contributed by atoms with Gasteiger partial charge >= 0.3 is 12.1 Å². The standard InChI is InChI=1S/C23H29ClFIN4O4/c1-5-33-20(31)18-19(26)28-21(30(18)12-14-11-15(25)8-9-17(14)24)29-10-6-7-16(13-29)27-22(32)34-23(2,3)4/h8-9,11,16H,5-7,10,12-13H2,1-4H3,(H,27,32)/t16-/m1/s1. The largest absolute Gasteiger partial charge is 0.461 e. The number of carbonyl (C=O) groups excluding carboxylic acids is 2. The molecule has 0 aliphatic carbocycles. The Kier molecular flexibility index (Phi) is 8.66. The number of imidazole rings is 1. The zero-order chi connectivity index (χ0) is 25.0. The summed E-state index contributed by atoms with van der Waals surface area (Å²) in [6.07, 6.45) is 1.11. The van der Waals surface area contributed by atoms with Crippen molar-refractivity contribution in [1.29, 1.82) is 0 Å². The summed E-state index contributed by atoms with van der Waals surface area (Å²) in [5.41, 5.74) is 0.200. The first kappa shape index (κ1) is 26.5. The van der Waals surface area contributed by atoms with Crippen LogP contribution in [0.4, 0.5) is 15.1 Å². The number of halogens is 3. The highest BCUT2D eigenvalue weighted by atomic mass is 127. The van der Waals surface area contributed by atoms with Gasteiger partial charge in [0.15, 0.2) is 5.69 Å². The van der Waals surface area contributed by atoms with Gasteiger partial charge in [-0.1, -0.05) is 11.6 Å². The van der Waals surface area contributed by atoms with Crippen molar-refractivity contribution in [3.63, 3.8) is 0 Å². The molecule has 0 radical (unpaired) electrons. The molecule has 0 spiro atoms. The van der Waals surface area contributed by atoms with Crippen LogP contribution in [-0.4, -0.2) is 53.0 Å². The van der Waals surface area contributed by atoms with E-state index in [0.717, 1.165) is 12.8 Å². The number of hydrogen-bond acceptors (Lipinski definition) is 6. The SMILES string of the molecule is CCOC(=O)c1c(I)nc(N2CCC[C@@H](NC(=O)OC(C)(C)C)C2)n1Cc1cc(F)ccc1Cl. The first-order valence-electron chi connectivity index (χ1n) is 11.1. The molecule has 1 atom stereocenters. The smallest absolute Gasteiger partial charge is 0.407 e. The molecule has 8 nitrogen and oxygen atoms in total. The number of carbonyl (C=O) groups is 2. The van der Waals surface area contributed by atoms with Crippen molar-refractivity contribution in [1.82, 2.24) is 14.9 Å². The summed E-state index contributed by atoms with van der Waals surface area (Å²) >= 11 is 8.32. The Morgan fingerprint density at radius 1 is 1.35 bits per heavy atom. The van der Waals surface area contributed by atoms with Crippen LogP contribution in [0.1, 0.15) is 56.6 Å². The number of ether oxygens (including phenoxy) is 2. The fourth-order valence-electron chi connectivity index (χ4n) is 3.78. The van der Waals surface area contributed by atoms with Gasteiger partial charge in [0.25, 0.3) is 0 Å². The van der Waals surface area contributed by atoms with Crippen LogP contribution >= 0.6 is 34.2 Å². The van der Waals surface area contributed by atoms with Gasteiger partial charge in [0, 0.05) is 24.2 Å². The number of hydrogen-bond donors (Lipinski definition) is 1. The maximum absolute atomic E-state index is 13.9. The Morgan fingerprint density at radius 2 is 2.09 bits per heavy atom. The fraction of sp³-hybridized carbons (Fsp3) is 0.522. The minimum atomic E-state index is -0.594. The second kappa shape index (κ2) is 11.1. The van der Waals surface area contributed by atoms with E-state index in [4.69, 9.17) is 21.1 Å². The molecule has 1 aromatic heterocycles. The number of rotatable bonds is 6. The van der Waals surface area contributed by atoms with Crippen LogP contribution in [0.15, 0.2) is 18.2 Å². The first-order chi connectivity index (χ1) is 16.0. The molecular weight excluding hydrogens is 578 g/mol. The van der Waals surface area contributed by atoms with E-state index in [2.05, 4.69) is 10.3 Å². The van der Waals surface area contributed by atoms with E-state index in [9.17, 15) is 14.0 Å². The van der Waals surface area contributed by atoms with Gasteiger partial charge in [-0.05, 0) is 86.9 Å². The number of piperidine rings is 1. The van der Waals surface area contributed by atoms with Crippen LogP contribution in [0.3, 0.4) is 0 Å². The van der Waals surface area contributed by atoms with Crippen molar-refractivity contribution in [3.8, 4) is 0 Å². The highest BCUT2D eigenvalue weighted by molar-refractivity contribution is 14.1. The lowest BCUT2D eigenvalue weighted by molar-refractivity contribution is 0.0495. The van der Waals surface area contributed by atoms with Gasteiger partial charge in [-0.3, -0.25) is 4.57 Å². The Balaban J connectivity index is 1.92. The van der Waals surface area contributed by atoms with E-state index in [1.54, 1.807) is 11.5 Å². The lowest BCUT2D eigenvalue weighted by atomic mass is 10.1. The minimum absolute atomic E-state index is 0.136. The van der Waals surface area contributed by atoms with Gasteiger partial charge in [0.1, 0.15) is 15.1 Å². The van der Waals surface area contributed by atoms with Gasteiger partial charge in [-0.25, -0.2) is 19.0 Å². The van der Waals surface area contributed by atoms with Crippen LogP contribution < -0.4 is 10.2 Å². The summed E-state index contributed by atoms with van der Waals surface area (Å²) in [5, 5.41) is 3.30. The van der Waals surface area contributed by atoms with E-state index in [1.807, 2.05) is 48.3 Å². The molecule has 1 aliphatic heterocycles. The van der Waals surface area contributed by atoms with Crippen molar-refractivity contribution in [3.05, 3.63) is 44.0 Å². The van der Waals surface area contributed by atoms with Gasteiger partial charge in [-0.15, -0.1) is 0 Å². The summed E-state index contributed by atoms with van der Waals surface area (Å²) < 4.78 is 26.8. The number of anilines is 1. The van der Waals surface area contributed by atoms with Crippen LogP contribution in [0.25, 0.3) is 0 Å². The minimum Gasteiger partial charge on any atom is -0.461 e. The third-order valence-corrected chi connectivity index (χ3v) is 6.26. The summed E-state index contributed by atoms with van der Waals surface area (Å²) in [7, 11) is 0. The predicted octanol–water partition coefficient (Wildman–Crippen LogP) is 5.00. The maximum Gasteiger partial charge on any atom is 0.407 e. The number of aromatic nitrogens is 2. The predicted molar refractivity (Wildman–Crippen MR) is 136 cm³/mol. The Bertz CT molecular complexity index is 1060. The number of nitrogens with one attached hydrogen (secondary N) is 1. The van der Waals surface area contributed by atoms with Gasteiger partial charge in [0.05, 0.1) is 13.2 Å². The van der Waals surface area contributed by atoms with Crippen LogP contribution in [0, 0.1) is 9.52 Å². The van der Waals surface area contributed by atoms with E-state index < -0.39 is 23.5 Å². The van der Waals surface area contributed by atoms with E-state index in [0.29, 0.717) is 33.3 Å². The molecule has 0 unspecified atom stereocenters. The molecule has 1 fully saturated rings. The molecule has 3 rings (SSSR count). The number of nitrogens with zero attached hydrogens (tertiary/aromatic N) is 3. The number of amides is 1. The molecule has 1 saturated heterocycles. The third-order valence-electron chi connectivity index (χ3n) is 5.13. The molecule has 0 saturated carbocycles. The van der Waals surface area contributed by atoms with Crippen molar-refractivity contribution < 1.29 is 23.5 Å². The number of alkyl carbamates (subject to hydrolysis) is 1. The lowest BCUT2D eigenvalue weighted by Gasteiger charge is -2.34. The molecule has 11 heteroatoms. The molecule has 0 bridgehead atoms. The van der Waals surface area contributed by atoms with Crippen LogP contribution in [-0.2, 0) is 16.0 Å². The Morgan fingerprint density at radius 3 is 2.76 bits per heavy atom. The quantitative estimate of drug-likeness (QED) is 0.368. The highest BCUT2D eigenvalue weighted by Crippen LogP contribution is 2.28. The van der Waals surface area contributed by atoms with Crippen molar-refractivity contribution >= 4 is 52.2 Å². The summed E-state index contributed by atoms with van der Waals surface area (Å²) in [6.45, 7) is 8.67. The number of benzene rings is 1. The van der Waals surface area contributed by atoms with Gasteiger partial charge in [-0.2, -0.15) is 0 Å². The van der Waals surface area contributed by atoms with Gasteiger partial charge < -0.3 is 19.7 Å². The monoisotopic (exact) mass is 606 g/mol. The van der Waals surface area contributed by atoms with E-state index in [1.165, 1.54) is 18.2 Å². The highest BCUT2D eigenvalue weighted by Gasteiger charge is 2.30. The Labute approximate surface area is 217 Å². The van der Waals surface area contributed by atoms with Crippen molar-refractivity contribution in [2.45, 2.75) is 58.7 Å². The molecular formula is C23H29ClFIN4O4. The van der Waals surface area contributed by atoms with Crippen molar-refractivity contribution in [2.24, 2.45) is 0 Å². The number of esters is 1. The maximum atomic E-state index is 13.9. The molecule has 2 aromatic rings. The van der Waals surface area contributed by atoms with E-state index in [-0.39, 0.29) is 24.9 Å². The van der Waals surface area contributed by atoms with E-state index >= 15 is 0 Å². The van der Waals surface area contributed by atoms with Crippen LogP contribution in [0.2, 0.25) is 5.02 Å². The summed E-state index contributed by atoms with van der Waals surface area (Å²) in [5.74, 6) is -0.407. The molecule has 186 valence electrons. The lowest BCUT2D eigenvalue weighted by Crippen LogP contribution is -2.49. The zero-order valence-electron chi connectivity index (χ0n) is 19.7. The first-order valence-corrected chi connectivity index (χ1v) is 12.6. The molecule has 34 heavy (non-hydrogen) atoms. The average Bonchev–Trinajstić information content (AvgIpc) is 3.05. The zero-order valence-corrected chi connectivity index (χ0v) is 22.6. The summed E-state index contributed by atoms with van der Waals surface area (Å²) in [6, 6.07) is 3.96. The van der Waals surface area contributed by atoms with Crippen molar-refractivity contribution in [2.75, 3.05) is 24.6 Å². The normalized spacial score (nSPS) is 16.3. The topological polar surface area (TPSA) is 85.7 Å². The van der Waals surface area contributed by atoms with Gasteiger partial charge in [0.2, 0.25) is 5.95 Å². The molecule has 1 amide bonds. The molecule has 2 heterocycles. The molecule has 1 N–H and O–H groups in total. The second-order valence-electron chi connectivity index (χ2n) is 9.02. The average molecular weight is 607 g/mol. The third kappa shape index (κ3) is 6.74.